The molecule has 0 amide bonds. The van der Waals surface area contributed by atoms with E-state index in [4.69, 9.17) is 0 Å². The van der Waals surface area contributed by atoms with Gasteiger partial charge in [-0.05, 0) is 60.7 Å². The second-order valence-electron chi connectivity index (χ2n) is 8.73. The second-order valence-corrected chi connectivity index (χ2v) is 10.1. The van der Waals surface area contributed by atoms with E-state index < -0.39 is 23.8 Å². The Morgan fingerprint density at radius 3 is 2.15 bits per heavy atom. The summed E-state index contributed by atoms with van der Waals surface area (Å²) in [5.74, 6) is -3.53. The molecule has 1 aliphatic heterocycles. The molecule has 2 nitrogen and oxygen atoms in total. The minimum Gasteiger partial charge on any atom is -0.359 e. The molecule has 1 heterocycles. The monoisotopic (exact) mass is 498 g/mol. The Hall–Kier alpha value is -2.55. The first-order chi connectivity index (χ1) is 15.8. The first kappa shape index (κ1) is 24.6. The molecule has 2 aromatic rings. The summed E-state index contributed by atoms with van der Waals surface area (Å²) in [7, 11) is 0. The van der Waals surface area contributed by atoms with Gasteiger partial charge in [0.25, 0.3) is 0 Å². The van der Waals surface area contributed by atoms with Crippen LogP contribution in [-0.4, -0.2) is 22.5 Å². The number of halogens is 6. The average Bonchev–Trinajstić information content (AvgIpc) is 3.43. The zero-order valence-electron chi connectivity index (χ0n) is 18.4. The number of nitrogens with one attached hydrogen (secondary N) is 1. The third-order valence-electron chi connectivity index (χ3n) is 5.91. The van der Waals surface area contributed by atoms with Crippen molar-refractivity contribution in [2.75, 3.05) is 5.32 Å². The summed E-state index contributed by atoms with van der Waals surface area (Å²) in [6.07, 6.45) is -8.39. The van der Waals surface area contributed by atoms with Crippen molar-refractivity contribution >= 4 is 17.4 Å². The van der Waals surface area contributed by atoms with Crippen molar-refractivity contribution in [2.45, 2.75) is 60.8 Å². The highest BCUT2D eigenvalue weighted by Crippen LogP contribution is 2.47. The van der Waals surface area contributed by atoms with E-state index in [9.17, 15) is 26.3 Å². The predicted molar refractivity (Wildman–Crippen MR) is 122 cm³/mol. The molecule has 182 valence electrons. The number of nitrogens with zero attached hydrogens (tertiary/aromatic N) is 1. The maximum Gasteiger partial charge on any atom is 0.404 e. The van der Waals surface area contributed by atoms with Crippen molar-refractivity contribution < 1.29 is 26.3 Å². The van der Waals surface area contributed by atoms with Gasteiger partial charge in [-0.1, -0.05) is 31.4 Å². The van der Waals surface area contributed by atoms with E-state index in [-0.39, 0.29) is 6.04 Å². The van der Waals surface area contributed by atoms with Gasteiger partial charge in [0.2, 0.25) is 0 Å². The van der Waals surface area contributed by atoms with Gasteiger partial charge in [-0.3, -0.25) is 0 Å². The van der Waals surface area contributed by atoms with Crippen LogP contribution in [0.1, 0.15) is 48.4 Å². The van der Waals surface area contributed by atoms with E-state index in [1.807, 2.05) is 18.7 Å². The third-order valence-corrected chi connectivity index (χ3v) is 7.24. The largest absolute Gasteiger partial charge is 0.404 e. The number of hydrogen-bond donors (Lipinski definition) is 1. The van der Waals surface area contributed by atoms with Crippen LogP contribution in [-0.2, 0) is 6.54 Å². The van der Waals surface area contributed by atoms with E-state index in [2.05, 4.69) is 41.6 Å². The summed E-state index contributed by atoms with van der Waals surface area (Å²) in [6.45, 7) is 10.7. The second kappa shape index (κ2) is 8.91. The number of hydrogen-bond acceptors (Lipinski definition) is 3. The van der Waals surface area contributed by atoms with Gasteiger partial charge in [0, 0.05) is 33.8 Å². The number of thioether (sulfide) groups is 1. The molecule has 1 unspecified atom stereocenters. The number of fused-ring (bicyclic) bond motifs is 1. The van der Waals surface area contributed by atoms with Crippen molar-refractivity contribution in [3.63, 3.8) is 0 Å². The van der Waals surface area contributed by atoms with Crippen LogP contribution in [0, 0.1) is 0 Å². The predicted octanol–water partition coefficient (Wildman–Crippen LogP) is 8.17. The maximum absolute atomic E-state index is 13.0. The molecule has 4 rings (SSSR count). The smallest absolute Gasteiger partial charge is 0.359 e. The summed E-state index contributed by atoms with van der Waals surface area (Å²) < 4.78 is 78.1. The van der Waals surface area contributed by atoms with E-state index in [1.165, 1.54) is 29.9 Å². The fourth-order valence-electron chi connectivity index (χ4n) is 4.19. The highest BCUT2D eigenvalue weighted by molar-refractivity contribution is 8.00. The summed E-state index contributed by atoms with van der Waals surface area (Å²) in [5, 5.41) is 3.75. The van der Waals surface area contributed by atoms with Gasteiger partial charge in [-0.15, -0.1) is 11.8 Å². The highest BCUT2D eigenvalue weighted by atomic mass is 32.2. The van der Waals surface area contributed by atoms with Crippen molar-refractivity contribution in [1.82, 2.24) is 4.90 Å². The molecular weight excluding hydrogens is 474 g/mol. The number of anilines is 1. The minimum absolute atomic E-state index is 0.259. The van der Waals surface area contributed by atoms with Crippen molar-refractivity contribution in [3.05, 3.63) is 83.7 Å². The molecule has 0 spiro atoms. The van der Waals surface area contributed by atoms with Crippen LogP contribution in [0.4, 0.5) is 32.0 Å². The molecular formula is C25H24F6N2S. The summed E-state index contributed by atoms with van der Waals surface area (Å²) in [5.41, 5.74) is 3.08. The zero-order valence-corrected chi connectivity index (χ0v) is 19.2. The lowest BCUT2D eigenvalue weighted by Gasteiger charge is -2.29. The Labute approximate surface area is 198 Å². The van der Waals surface area contributed by atoms with Crippen LogP contribution in [0.15, 0.2) is 71.9 Å². The Morgan fingerprint density at radius 1 is 1.00 bits per heavy atom. The lowest BCUT2D eigenvalue weighted by Crippen LogP contribution is -2.34. The molecule has 0 saturated heterocycles. The Balaban J connectivity index is 1.54. The molecule has 1 aliphatic carbocycles. The normalized spacial score (nSPS) is 18.2. The van der Waals surface area contributed by atoms with Gasteiger partial charge in [0.05, 0.1) is 6.04 Å². The Kier molecular flexibility index (Phi) is 6.44. The van der Waals surface area contributed by atoms with Gasteiger partial charge in [-0.2, -0.15) is 26.3 Å². The summed E-state index contributed by atoms with van der Waals surface area (Å²) in [4.78, 5) is 3.28. The number of rotatable bonds is 7. The topological polar surface area (TPSA) is 15.3 Å². The molecule has 2 aliphatic rings. The van der Waals surface area contributed by atoms with Crippen molar-refractivity contribution in [1.29, 1.82) is 0 Å². The van der Waals surface area contributed by atoms with Crippen LogP contribution in [0.5, 0.6) is 0 Å². The van der Waals surface area contributed by atoms with Gasteiger partial charge in [-0.25, -0.2) is 0 Å². The lowest BCUT2D eigenvalue weighted by molar-refractivity contribution is -0.253. The molecule has 0 aromatic heterocycles. The standard InChI is InChI=1S/C25H24F6N2S/c1-14(2)33-13-17-12-20(34-19-8-9-19)10-11-21(17)22(33)15(3)32-18-6-4-16(5-7-18)23(24(26,27)28)25(29,30)31/h4-7,10-12,19,22-23,32H,1,3,8-9,13H2,2H3. The van der Waals surface area contributed by atoms with Crippen LogP contribution in [0.3, 0.4) is 0 Å². The Bertz CT molecular complexity index is 1070. The van der Waals surface area contributed by atoms with Crippen LogP contribution in [0.2, 0.25) is 0 Å². The van der Waals surface area contributed by atoms with E-state index >= 15 is 0 Å². The molecule has 9 heteroatoms. The number of benzene rings is 2. The number of alkyl halides is 6. The van der Waals surface area contributed by atoms with Crippen molar-refractivity contribution in [2.24, 2.45) is 0 Å². The summed E-state index contributed by atoms with van der Waals surface area (Å²) >= 11 is 1.87. The van der Waals surface area contributed by atoms with Crippen molar-refractivity contribution in [3.8, 4) is 0 Å². The fourth-order valence-corrected chi connectivity index (χ4v) is 5.30. The van der Waals surface area contributed by atoms with Crippen LogP contribution >= 0.6 is 11.8 Å². The van der Waals surface area contributed by atoms with Gasteiger partial charge in [0.15, 0.2) is 5.92 Å². The maximum atomic E-state index is 13.0. The van der Waals surface area contributed by atoms with Crippen LogP contribution in [0.25, 0.3) is 0 Å². The molecule has 2 aromatic carbocycles. The van der Waals surface area contributed by atoms with Gasteiger partial charge in [0.1, 0.15) is 0 Å². The highest BCUT2D eigenvalue weighted by Gasteiger charge is 2.57. The molecule has 1 fully saturated rings. The molecule has 0 radical (unpaired) electrons. The third kappa shape index (κ3) is 5.24. The van der Waals surface area contributed by atoms with Gasteiger partial charge >= 0.3 is 12.4 Å². The van der Waals surface area contributed by atoms with Gasteiger partial charge < -0.3 is 10.2 Å². The molecule has 1 saturated carbocycles. The minimum atomic E-state index is -5.43. The van der Waals surface area contributed by atoms with E-state index in [0.29, 0.717) is 23.2 Å². The molecule has 1 atom stereocenters. The quantitative estimate of drug-likeness (QED) is 0.388. The lowest BCUT2D eigenvalue weighted by atomic mass is 9.97. The molecule has 34 heavy (non-hydrogen) atoms. The first-order valence-corrected chi connectivity index (χ1v) is 11.6. The van der Waals surface area contributed by atoms with E-state index in [1.54, 1.807) is 0 Å². The zero-order chi connectivity index (χ0) is 24.8. The van der Waals surface area contributed by atoms with Crippen LogP contribution < -0.4 is 5.32 Å². The summed E-state index contributed by atoms with van der Waals surface area (Å²) in [6, 6.07) is 10.2. The number of allylic oxidation sites excluding steroid dienone is 1. The Morgan fingerprint density at radius 2 is 1.62 bits per heavy atom. The average molecular weight is 499 g/mol. The molecule has 0 bridgehead atoms. The first-order valence-electron chi connectivity index (χ1n) is 10.8. The fraction of sp³-hybridized carbons (Fsp3) is 0.360. The SMILES string of the molecule is C=C(Nc1ccc(C(C(F)(F)F)C(F)(F)F)cc1)C1c2ccc(SC3CC3)cc2CN1C(=C)C. The molecule has 1 N–H and O–H groups in total. The van der Waals surface area contributed by atoms with E-state index in [0.717, 1.165) is 29.0 Å².